The number of para-hydroxylation sites is 1. The van der Waals surface area contributed by atoms with E-state index in [1.807, 2.05) is 24.3 Å². The number of nitrogens with zero attached hydrogens (tertiary/aromatic N) is 3. The van der Waals surface area contributed by atoms with Crippen molar-refractivity contribution in [3.63, 3.8) is 0 Å². The average Bonchev–Trinajstić information content (AvgIpc) is 3.09. The minimum absolute atomic E-state index is 0.726. The molecule has 0 unspecified atom stereocenters. The van der Waals surface area contributed by atoms with E-state index in [1.54, 1.807) is 18.0 Å². The molecule has 0 aliphatic rings. The number of benzene rings is 1. The van der Waals surface area contributed by atoms with E-state index >= 15 is 0 Å². The van der Waals surface area contributed by atoms with Crippen molar-refractivity contribution in [1.82, 2.24) is 14.8 Å². The van der Waals surface area contributed by atoms with Crippen LogP contribution in [0.4, 0.5) is 0 Å². The number of hydrogen-bond donors (Lipinski definition) is 0. The lowest BCUT2D eigenvalue weighted by Crippen LogP contribution is -2.01. The third kappa shape index (κ3) is 2.25. The minimum atomic E-state index is 0.726. The summed E-state index contributed by atoms with van der Waals surface area (Å²) in [5.74, 6) is 2.41. The Morgan fingerprint density at radius 1 is 1.15 bits per heavy atom. The molecule has 3 aromatic rings. The van der Waals surface area contributed by atoms with E-state index in [-0.39, 0.29) is 0 Å². The first kappa shape index (κ1) is 13.0. The molecule has 0 N–H and O–H groups in total. The number of hydrogen-bond acceptors (Lipinski definition) is 4. The molecule has 0 atom stereocenters. The first-order valence-corrected chi connectivity index (χ1v) is 7.48. The van der Waals surface area contributed by atoms with Crippen LogP contribution in [0.25, 0.3) is 17.3 Å². The van der Waals surface area contributed by atoms with Crippen molar-refractivity contribution in [3.05, 3.63) is 48.2 Å². The maximum atomic E-state index is 5.48. The first-order valence-electron chi connectivity index (χ1n) is 6.49. The van der Waals surface area contributed by atoms with Gasteiger partial charge in [-0.05, 0) is 36.4 Å². The van der Waals surface area contributed by atoms with Crippen LogP contribution >= 0.6 is 11.8 Å². The molecule has 1 aromatic carbocycles. The van der Waals surface area contributed by atoms with Crippen molar-refractivity contribution in [2.75, 3.05) is 5.75 Å². The van der Waals surface area contributed by atoms with Crippen molar-refractivity contribution in [3.8, 4) is 17.3 Å². The molecule has 0 saturated carbocycles. The highest BCUT2D eigenvalue weighted by molar-refractivity contribution is 7.99. The summed E-state index contributed by atoms with van der Waals surface area (Å²) < 4.78 is 7.54. The second-order valence-corrected chi connectivity index (χ2v) is 5.57. The van der Waals surface area contributed by atoms with E-state index in [1.165, 1.54) is 5.56 Å². The van der Waals surface area contributed by atoms with Crippen LogP contribution in [0, 0.1) is 6.92 Å². The lowest BCUT2D eigenvalue weighted by atomic mass is 10.2. The minimum Gasteiger partial charge on any atom is -0.461 e. The topological polar surface area (TPSA) is 43.9 Å². The molecule has 4 nitrogen and oxygen atoms in total. The van der Waals surface area contributed by atoms with E-state index in [4.69, 9.17) is 4.42 Å². The van der Waals surface area contributed by atoms with Gasteiger partial charge < -0.3 is 4.42 Å². The molecule has 2 heterocycles. The van der Waals surface area contributed by atoms with E-state index in [9.17, 15) is 0 Å². The van der Waals surface area contributed by atoms with Gasteiger partial charge in [-0.25, -0.2) is 0 Å². The van der Waals surface area contributed by atoms with Gasteiger partial charge in [0.05, 0.1) is 12.0 Å². The summed E-state index contributed by atoms with van der Waals surface area (Å²) in [5.41, 5.74) is 2.26. The molecule has 0 radical (unpaired) electrons. The predicted molar refractivity (Wildman–Crippen MR) is 80.2 cm³/mol. The Balaban J connectivity index is 2.21. The number of rotatable bonds is 4. The number of thioether (sulfide) groups is 1. The van der Waals surface area contributed by atoms with Gasteiger partial charge in [0.2, 0.25) is 5.82 Å². The largest absolute Gasteiger partial charge is 0.461 e. The molecule has 3 rings (SSSR count). The first-order chi connectivity index (χ1) is 9.81. The summed E-state index contributed by atoms with van der Waals surface area (Å²) in [6.45, 7) is 4.19. The Kier molecular flexibility index (Phi) is 3.60. The van der Waals surface area contributed by atoms with Gasteiger partial charge in [0, 0.05) is 0 Å². The zero-order valence-corrected chi connectivity index (χ0v) is 12.2. The quantitative estimate of drug-likeness (QED) is 0.681. The molecule has 2 aromatic heterocycles. The Morgan fingerprint density at radius 2 is 2.00 bits per heavy atom. The Labute approximate surface area is 121 Å². The fourth-order valence-electron chi connectivity index (χ4n) is 2.09. The van der Waals surface area contributed by atoms with E-state index in [2.05, 4.69) is 40.7 Å². The Morgan fingerprint density at radius 3 is 2.70 bits per heavy atom. The highest BCUT2D eigenvalue weighted by Gasteiger charge is 2.18. The average molecular weight is 285 g/mol. The Bertz CT molecular complexity index is 704. The van der Waals surface area contributed by atoms with Crippen molar-refractivity contribution in [1.29, 1.82) is 0 Å². The highest BCUT2D eigenvalue weighted by atomic mass is 32.2. The second kappa shape index (κ2) is 5.54. The molecule has 0 saturated heterocycles. The SMILES string of the molecule is CCSc1nnc(-c2ccco2)n1-c1ccccc1C. The predicted octanol–water partition coefficient (Wildman–Crippen LogP) is 3.95. The highest BCUT2D eigenvalue weighted by Crippen LogP contribution is 2.29. The van der Waals surface area contributed by atoms with Crippen LogP contribution in [0.1, 0.15) is 12.5 Å². The van der Waals surface area contributed by atoms with Crippen molar-refractivity contribution < 1.29 is 4.42 Å². The Hall–Kier alpha value is -2.01. The third-order valence-corrected chi connectivity index (χ3v) is 3.82. The van der Waals surface area contributed by atoms with Crippen LogP contribution in [-0.2, 0) is 0 Å². The van der Waals surface area contributed by atoms with Crippen LogP contribution in [0.15, 0.2) is 52.2 Å². The van der Waals surface area contributed by atoms with Gasteiger partial charge in [-0.1, -0.05) is 36.9 Å². The smallest absolute Gasteiger partial charge is 0.205 e. The monoisotopic (exact) mass is 285 g/mol. The maximum absolute atomic E-state index is 5.48. The lowest BCUT2D eigenvalue weighted by Gasteiger charge is -2.11. The number of aromatic nitrogens is 3. The van der Waals surface area contributed by atoms with Crippen LogP contribution < -0.4 is 0 Å². The molecule has 0 fully saturated rings. The molecule has 0 bridgehead atoms. The molecule has 102 valence electrons. The van der Waals surface area contributed by atoms with Crippen molar-refractivity contribution in [2.24, 2.45) is 0 Å². The number of aryl methyl sites for hydroxylation is 1. The molecule has 0 aliphatic heterocycles. The van der Waals surface area contributed by atoms with Crippen LogP contribution in [0.3, 0.4) is 0 Å². The summed E-state index contributed by atoms with van der Waals surface area (Å²) in [4.78, 5) is 0. The molecule has 20 heavy (non-hydrogen) atoms. The normalized spacial score (nSPS) is 10.9. The van der Waals surface area contributed by atoms with Gasteiger partial charge in [0.1, 0.15) is 0 Å². The van der Waals surface area contributed by atoms with Gasteiger partial charge in [0.15, 0.2) is 10.9 Å². The second-order valence-electron chi connectivity index (χ2n) is 4.34. The standard InChI is InChI=1S/C15H15N3OS/c1-3-20-15-17-16-14(13-9-6-10-19-13)18(15)12-8-5-4-7-11(12)2/h4-10H,3H2,1-2H3. The summed E-state index contributed by atoms with van der Waals surface area (Å²) in [7, 11) is 0. The van der Waals surface area contributed by atoms with Gasteiger partial charge >= 0.3 is 0 Å². The maximum Gasteiger partial charge on any atom is 0.205 e. The molecule has 5 heteroatoms. The fraction of sp³-hybridized carbons (Fsp3) is 0.200. The van der Waals surface area contributed by atoms with Crippen LogP contribution in [-0.4, -0.2) is 20.5 Å². The summed E-state index contributed by atoms with van der Waals surface area (Å²) in [6, 6.07) is 12.0. The van der Waals surface area contributed by atoms with E-state index in [0.29, 0.717) is 0 Å². The molecular weight excluding hydrogens is 270 g/mol. The molecule has 0 amide bonds. The van der Waals surface area contributed by atoms with Crippen LogP contribution in [0.5, 0.6) is 0 Å². The van der Waals surface area contributed by atoms with Gasteiger partial charge in [-0.3, -0.25) is 4.57 Å². The summed E-state index contributed by atoms with van der Waals surface area (Å²) >= 11 is 1.67. The van der Waals surface area contributed by atoms with Crippen molar-refractivity contribution >= 4 is 11.8 Å². The molecule has 0 spiro atoms. The fourth-order valence-corrected chi connectivity index (χ4v) is 2.76. The molecule has 0 aliphatic carbocycles. The summed E-state index contributed by atoms with van der Waals surface area (Å²) in [5, 5.41) is 9.47. The third-order valence-electron chi connectivity index (χ3n) is 3.00. The van der Waals surface area contributed by atoms with E-state index < -0.39 is 0 Å². The zero-order chi connectivity index (χ0) is 13.9. The van der Waals surface area contributed by atoms with Crippen molar-refractivity contribution in [2.45, 2.75) is 19.0 Å². The van der Waals surface area contributed by atoms with Gasteiger partial charge in [0.25, 0.3) is 0 Å². The number of furan rings is 1. The van der Waals surface area contributed by atoms with E-state index in [0.717, 1.165) is 28.2 Å². The lowest BCUT2D eigenvalue weighted by molar-refractivity contribution is 0.575. The van der Waals surface area contributed by atoms with Gasteiger partial charge in [-0.15, -0.1) is 10.2 Å². The zero-order valence-electron chi connectivity index (χ0n) is 11.4. The molecular formula is C15H15N3OS. The summed E-state index contributed by atoms with van der Waals surface area (Å²) in [6.07, 6.45) is 1.65. The van der Waals surface area contributed by atoms with Crippen LogP contribution in [0.2, 0.25) is 0 Å². The van der Waals surface area contributed by atoms with Gasteiger partial charge in [-0.2, -0.15) is 0 Å².